The number of pyridine rings is 2. The Morgan fingerprint density at radius 2 is 1.84 bits per heavy atom. The summed E-state index contributed by atoms with van der Waals surface area (Å²) in [6, 6.07) is 11.4. The number of methoxy groups -OCH3 is 1. The van der Waals surface area contributed by atoms with Gasteiger partial charge in [0.05, 0.1) is 29.6 Å². The van der Waals surface area contributed by atoms with Gasteiger partial charge in [-0.3, -0.25) is 9.48 Å². The molecular weight excluding hydrogens is 468 g/mol. The maximum atomic E-state index is 12.7. The molecule has 0 aliphatic carbocycles. The van der Waals surface area contributed by atoms with E-state index in [0.717, 1.165) is 24.2 Å². The number of anilines is 4. The second-order valence-corrected chi connectivity index (χ2v) is 8.65. The minimum absolute atomic E-state index is 0.0226. The zero-order valence-corrected chi connectivity index (χ0v) is 21.8. The van der Waals surface area contributed by atoms with E-state index in [1.807, 2.05) is 50.5 Å². The molecule has 192 valence electrons. The minimum atomic E-state index is -0.0226. The van der Waals surface area contributed by atoms with Crippen molar-refractivity contribution in [1.82, 2.24) is 29.6 Å². The number of ketones is 1. The molecule has 0 radical (unpaired) electrons. The normalized spacial score (nSPS) is 11.0. The molecule has 0 bridgehead atoms. The third-order valence-corrected chi connectivity index (χ3v) is 5.93. The van der Waals surface area contributed by atoms with Crippen LogP contribution in [0.15, 0.2) is 55.1 Å². The fourth-order valence-corrected chi connectivity index (χ4v) is 3.83. The molecule has 0 spiro atoms. The van der Waals surface area contributed by atoms with Crippen molar-refractivity contribution in [1.29, 1.82) is 0 Å². The number of hydrogen-bond acceptors (Lipinski definition) is 9. The first-order chi connectivity index (χ1) is 17.9. The molecule has 3 aromatic heterocycles. The predicted molar refractivity (Wildman–Crippen MR) is 145 cm³/mol. The third-order valence-electron chi connectivity index (χ3n) is 5.93. The van der Waals surface area contributed by atoms with Gasteiger partial charge in [0, 0.05) is 38.5 Å². The maximum Gasteiger partial charge on any atom is 0.184 e. The molecule has 0 atom stereocenters. The predicted octanol–water partition coefficient (Wildman–Crippen LogP) is 4.81. The molecule has 2 N–H and O–H groups in total. The fraction of sp³-hybridized carbons (Fsp3) is 0.296. The van der Waals surface area contributed by atoms with E-state index in [2.05, 4.69) is 49.6 Å². The SMILES string of the molecule is CCC(=O)c1cnc(Nc2ccc(CN(C)CC)cn2)cc1Nc1cccc(-c2ncn(C)n2)c1OC. The number of Topliss-reactive ketones (excluding diaryl/α,β-unsaturated/α-hetero) is 1. The van der Waals surface area contributed by atoms with Crippen molar-refractivity contribution < 1.29 is 9.53 Å². The molecule has 0 aliphatic heterocycles. The highest BCUT2D eigenvalue weighted by Crippen LogP contribution is 2.37. The molecule has 0 saturated heterocycles. The highest BCUT2D eigenvalue weighted by atomic mass is 16.5. The molecule has 10 nitrogen and oxygen atoms in total. The van der Waals surface area contributed by atoms with Crippen LogP contribution in [0.4, 0.5) is 23.0 Å². The lowest BCUT2D eigenvalue weighted by atomic mass is 10.1. The number of rotatable bonds is 11. The summed E-state index contributed by atoms with van der Waals surface area (Å²) in [6.07, 6.45) is 5.42. The maximum absolute atomic E-state index is 12.7. The molecule has 0 unspecified atom stereocenters. The second kappa shape index (κ2) is 11.6. The van der Waals surface area contributed by atoms with Crippen molar-refractivity contribution in [2.75, 3.05) is 31.3 Å². The number of benzene rings is 1. The number of nitrogens with one attached hydrogen (secondary N) is 2. The molecule has 1 aromatic carbocycles. The summed E-state index contributed by atoms with van der Waals surface area (Å²) in [6.45, 7) is 5.75. The molecule has 0 aliphatic rings. The summed E-state index contributed by atoms with van der Waals surface area (Å²) in [4.78, 5) is 28.3. The van der Waals surface area contributed by atoms with Crippen molar-refractivity contribution in [3.05, 3.63) is 66.2 Å². The Bertz CT molecular complexity index is 1370. The number of hydrogen-bond donors (Lipinski definition) is 2. The summed E-state index contributed by atoms with van der Waals surface area (Å²) >= 11 is 0. The van der Waals surface area contributed by atoms with Gasteiger partial charge in [0.1, 0.15) is 18.0 Å². The summed E-state index contributed by atoms with van der Waals surface area (Å²) in [5.41, 5.74) is 3.64. The Hall–Kier alpha value is -4.31. The Morgan fingerprint density at radius 1 is 1.03 bits per heavy atom. The van der Waals surface area contributed by atoms with E-state index < -0.39 is 0 Å². The largest absolute Gasteiger partial charge is 0.494 e. The Kier molecular flexibility index (Phi) is 8.09. The first kappa shape index (κ1) is 25.8. The number of carbonyl (C=O) groups excluding carboxylic acids is 1. The van der Waals surface area contributed by atoms with Gasteiger partial charge in [-0.1, -0.05) is 26.0 Å². The fourth-order valence-electron chi connectivity index (χ4n) is 3.83. The zero-order valence-electron chi connectivity index (χ0n) is 21.8. The molecule has 0 saturated carbocycles. The van der Waals surface area contributed by atoms with Crippen molar-refractivity contribution >= 4 is 28.8 Å². The standard InChI is InChI=1S/C27H32N8O2/c1-6-23(36)20-15-29-25(32-24-12-11-18(14-28-24)16-34(3)7-2)13-22(20)31-21-10-8-9-19(26(21)37-5)27-30-17-35(4)33-27/h8-15,17H,6-7,16H2,1-5H3,(H2,28,29,31,32). The Morgan fingerprint density at radius 3 is 2.49 bits per heavy atom. The summed E-state index contributed by atoms with van der Waals surface area (Å²) in [5, 5.41) is 11.0. The second-order valence-electron chi connectivity index (χ2n) is 8.65. The average Bonchev–Trinajstić information content (AvgIpc) is 3.35. The van der Waals surface area contributed by atoms with Crippen LogP contribution in [0.2, 0.25) is 0 Å². The lowest BCUT2D eigenvalue weighted by molar-refractivity contribution is 0.0988. The van der Waals surface area contributed by atoms with Crippen LogP contribution >= 0.6 is 0 Å². The lowest BCUT2D eigenvalue weighted by Gasteiger charge is -2.17. The summed E-state index contributed by atoms with van der Waals surface area (Å²) < 4.78 is 7.37. The Balaban J connectivity index is 1.64. The number of nitrogens with zero attached hydrogens (tertiary/aromatic N) is 6. The van der Waals surface area contributed by atoms with Crippen molar-refractivity contribution in [3.8, 4) is 17.1 Å². The first-order valence-corrected chi connectivity index (χ1v) is 12.2. The van der Waals surface area contributed by atoms with E-state index in [4.69, 9.17) is 4.74 Å². The number of ether oxygens (including phenoxy) is 1. The van der Waals surface area contributed by atoms with Gasteiger partial charge in [0.15, 0.2) is 17.4 Å². The number of aromatic nitrogens is 5. The average molecular weight is 501 g/mol. The Labute approximate surface area is 216 Å². The topological polar surface area (TPSA) is 110 Å². The van der Waals surface area contributed by atoms with Gasteiger partial charge < -0.3 is 20.3 Å². The highest BCUT2D eigenvalue weighted by Gasteiger charge is 2.18. The molecular formula is C27H32N8O2. The lowest BCUT2D eigenvalue weighted by Crippen LogP contribution is -2.16. The van der Waals surface area contributed by atoms with Gasteiger partial charge >= 0.3 is 0 Å². The molecule has 10 heteroatoms. The first-order valence-electron chi connectivity index (χ1n) is 12.2. The molecule has 3 heterocycles. The van der Waals surface area contributed by atoms with Gasteiger partial charge in [-0.2, -0.15) is 5.10 Å². The van der Waals surface area contributed by atoms with Gasteiger partial charge in [-0.25, -0.2) is 15.0 Å². The van der Waals surface area contributed by atoms with Crippen LogP contribution in [0.5, 0.6) is 5.75 Å². The van der Waals surface area contributed by atoms with Crippen molar-refractivity contribution in [2.45, 2.75) is 26.8 Å². The zero-order chi connectivity index (χ0) is 26.4. The summed E-state index contributed by atoms with van der Waals surface area (Å²) in [5.74, 6) is 2.32. The van der Waals surface area contributed by atoms with Crippen LogP contribution in [0, 0.1) is 0 Å². The molecule has 4 aromatic rings. The van der Waals surface area contributed by atoms with Crippen LogP contribution in [-0.4, -0.2) is 56.1 Å². The van der Waals surface area contributed by atoms with Crippen LogP contribution in [0.3, 0.4) is 0 Å². The molecule has 37 heavy (non-hydrogen) atoms. The monoisotopic (exact) mass is 500 g/mol. The van der Waals surface area contributed by atoms with Gasteiger partial charge in [0.25, 0.3) is 0 Å². The molecule has 0 fully saturated rings. The highest BCUT2D eigenvalue weighted by molar-refractivity contribution is 6.02. The van der Waals surface area contributed by atoms with E-state index in [-0.39, 0.29) is 5.78 Å². The van der Waals surface area contributed by atoms with Gasteiger partial charge in [-0.15, -0.1) is 0 Å². The van der Waals surface area contributed by atoms with Crippen LogP contribution in [0.1, 0.15) is 36.2 Å². The van der Waals surface area contributed by atoms with Crippen LogP contribution < -0.4 is 15.4 Å². The quantitative estimate of drug-likeness (QED) is 0.280. The number of carbonyl (C=O) groups is 1. The van der Waals surface area contributed by atoms with Crippen LogP contribution in [0.25, 0.3) is 11.4 Å². The number of para-hydroxylation sites is 1. The van der Waals surface area contributed by atoms with Crippen LogP contribution in [-0.2, 0) is 13.6 Å². The van der Waals surface area contributed by atoms with Gasteiger partial charge in [-0.05, 0) is 37.4 Å². The molecule has 4 rings (SSSR count). The van der Waals surface area contributed by atoms with E-state index >= 15 is 0 Å². The summed E-state index contributed by atoms with van der Waals surface area (Å²) in [7, 11) is 5.48. The van der Waals surface area contributed by atoms with Crippen molar-refractivity contribution in [2.24, 2.45) is 7.05 Å². The van der Waals surface area contributed by atoms with E-state index in [9.17, 15) is 4.79 Å². The third kappa shape index (κ3) is 6.10. The van der Waals surface area contributed by atoms with E-state index in [1.54, 1.807) is 30.4 Å². The number of aryl methyl sites for hydroxylation is 1. The minimum Gasteiger partial charge on any atom is -0.494 e. The van der Waals surface area contributed by atoms with E-state index in [1.165, 1.54) is 0 Å². The van der Waals surface area contributed by atoms with Gasteiger partial charge in [0.2, 0.25) is 0 Å². The smallest absolute Gasteiger partial charge is 0.184 e. The van der Waals surface area contributed by atoms with E-state index in [0.29, 0.717) is 46.6 Å². The molecule has 0 amide bonds. The van der Waals surface area contributed by atoms with Crippen molar-refractivity contribution in [3.63, 3.8) is 0 Å².